The molecule has 0 heterocycles. The number of nitrogens with one attached hydrogen (secondary N) is 1. The van der Waals surface area contributed by atoms with E-state index < -0.39 is 16.1 Å². The van der Waals surface area contributed by atoms with Crippen LogP contribution >= 0.6 is 0 Å². The number of benzene rings is 1. The molecule has 1 aromatic carbocycles. The Morgan fingerprint density at radius 1 is 1.24 bits per heavy atom. The van der Waals surface area contributed by atoms with Crippen LogP contribution in [0.5, 0.6) is 0 Å². The maximum absolute atomic E-state index is 12.4. The van der Waals surface area contributed by atoms with Gasteiger partial charge in [-0.2, -0.15) is 5.26 Å². The molecule has 138 valence electrons. The molecule has 1 rings (SSSR count). The van der Waals surface area contributed by atoms with Crippen molar-refractivity contribution in [1.29, 1.82) is 5.26 Å². The van der Waals surface area contributed by atoms with Crippen molar-refractivity contribution in [2.75, 3.05) is 24.5 Å². The highest BCUT2D eigenvalue weighted by atomic mass is 32.2. The van der Waals surface area contributed by atoms with E-state index in [1.165, 1.54) is 0 Å². The van der Waals surface area contributed by atoms with Crippen LogP contribution in [-0.4, -0.2) is 39.3 Å². The molecule has 0 saturated carbocycles. The Kier molecular flexibility index (Phi) is 8.10. The van der Waals surface area contributed by atoms with E-state index in [9.17, 15) is 18.8 Å². The standard InChI is InChI=1S/C18H27N3O3S/c1-5-17(22)13-20-25(23,24)18(12-19)14(4)15-8-10-16(11-9-15)21(6-2)7-3/h8-11,17,20,22H,5-7,13H2,1-4H3/b18-14+. The lowest BCUT2D eigenvalue weighted by Crippen LogP contribution is -2.32. The van der Waals surface area contributed by atoms with Crippen LogP contribution in [0.3, 0.4) is 0 Å². The van der Waals surface area contributed by atoms with Gasteiger partial charge < -0.3 is 10.0 Å². The summed E-state index contributed by atoms with van der Waals surface area (Å²) in [5, 5.41) is 18.9. The van der Waals surface area contributed by atoms with Gasteiger partial charge in [-0.25, -0.2) is 13.1 Å². The number of nitrogens with zero attached hydrogens (tertiary/aromatic N) is 2. The molecule has 0 saturated heterocycles. The van der Waals surface area contributed by atoms with Crippen LogP contribution in [0.15, 0.2) is 29.2 Å². The molecular weight excluding hydrogens is 338 g/mol. The second kappa shape index (κ2) is 9.56. The van der Waals surface area contributed by atoms with Gasteiger partial charge in [-0.15, -0.1) is 0 Å². The van der Waals surface area contributed by atoms with Gasteiger partial charge in [0.2, 0.25) is 0 Å². The molecule has 1 atom stereocenters. The monoisotopic (exact) mass is 365 g/mol. The molecule has 0 aliphatic heterocycles. The van der Waals surface area contributed by atoms with E-state index >= 15 is 0 Å². The summed E-state index contributed by atoms with van der Waals surface area (Å²) >= 11 is 0. The summed E-state index contributed by atoms with van der Waals surface area (Å²) in [4.78, 5) is 1.85. The maximum atomic E-state index is 12.4. The van der Waals surface area contributed by atoms with E-state index in [1.54, 1.807) is 19.9 Å². The Morgan fingerprint density at radius 2 is 1.80 bits per heavy atom. The fourth-order valence-corrected chi connectivity index (χ4v) is 3.61. The first kappa shape index (κ1) is 21.2. The zero-order chi connectivity index (χ0) is 19.0. The van der Waals surface area contributed by atoms with Gasteiger partial charge in [0.1, 0.15) is 6.07 Å². The quantitative estimate of drug-likeness (QED) is 0.656. The third-order valence-electron chi connectivity index (χ3n) is 4.12. The molecule has 0 spiro atoms. The molecule has 0 fully saturated rings. The van der Waals surface area contributed by atoms with Crippen molar-refractivity contribution in [3.8, 4) is 6.07 Å². The fourth-order valence-electron chi connectivity index (χ4n) is 2.41. The predicted octanol–water partition coefficient (Wildman–Crippen LogP) is 2.48. The SMILES string of the molecule is CCC(O)CNS(=O)(=O)/C(C#N)=C(\C)c1ccc(N(CC)CC)cc1. The van der Waals surface area contributed by atoms with Gasteiger partial charge in [0.25, 0.3) is 10.0 Å². The lowest BCUT2D eigenvalue weighted by Gasteiger charge is -2.21. The molecule has 0 aliphatic rings. The zero-order valence-electron chi connectivity index (χ0n) is 15.3. The minimum absolute atomic E-state index is 0.113. The minimum Gasteiger partial charge on any atom is -0.392 e. The van der Waals surface area contributed by atoms with Crippen LogP contribution in [0.1, 0.15) is 39.7 Å². The van der Waals surface area contributed by atoms with Gasteiger partial charge in [0.05, 0.1) is 6.10 Å². The summed E-state index contributed by atoms with van der Waals surface area (Å²) in [6, 6.07) is 9.25. The lowest BCUT2D eigenvalue weighted by atomic mass is 10.1. The highest BCUT2D eigenvalue weighted by Crippen LogP contribution is 2.24. The third kappa shape index (κ3) is 5.56. The second-order valence-corrected chi connectivity index (χ2v) is 7.40. The summed E-state index contributed by atoms with van der Waals surface area (Å²) < 4.78 is 27.0. The Bertz CT molecular complexity index is 730. The number of aliphatic hydroxyl groups is 1. The average molecular weight is 365 g/mol. The van der Waals surface area contributed by atoms with Gasteiger partial charge in [-0.1, -0.05) is 19.1 Å². The smallest absolute Gasteiger partial charge is 0.251 e. The van der Waals surface area contributed by atoms with E-state index in [-0.39, 0.29) is 11.4 Å². The number of allylic oxidation sites excluding steroid dienone is 2. The second-order valence-electron chi connectivity index (χ2n) is 5.70. The van der Waals surface area contributed by atoms with Crippen molar-refractivity contribution in [3.05, 3.63) is 34.7 Å². The molecule has 0 amide bonds. The Morgan fingerprint density at radius 3 is 2.24 bits per heavy atom. The highest BCUT2D eigenvalue weighted by molar-refractivity contribution is 7.93. The van der Waals surface area contributed by atoms with Crippen LogP contribution in [0.4, 0.5) is 5.69 Å². The minimum atomic E-state index is -3.96. The van der Waals surface area contributed by atoms with Gasteiger partial charge in [-0.05, 0) is 50.5 Å². The van der Waals surface area contributed by atoms with Crippen molar-refractivity contribution in [2.45, 2.75) is 40.2 Å². The van der Waals surface area contributed by atoms with Gasteiger partial charge in [-0.3, -0.25) is 0 Å². The molecule has 0 aromatic heterocycles. The van der Waals surface area contributed by atoms with E-state index in [0.717, 1.165) is 18.8 Å². The molecule has 0 radical (unpaired) electrons. The maximum Gasteiger partial charge on any atom is 0.251 e. The lowest BCUT2D eigenvalue weighted by molar-refractivity contribution is 0.174. The number of aliphatic hydroxyl groups excluding tert-OH is 1. The normalized spacial score (nSPS) is 13.8. The summed E-state index contributed by atoms with van der Waals surface area (Å²) in [5.41, 5.74) is 2.10. The number of rotatable bonds is 9. The predicted molar refractivity (Wildman–Crippen MR) is 101 cm³/mol. The molecule has 0 bridgehead atoms. The van der Waals surface area contributed by atoms with Gasteiger partial charge in [0, 0.05) is 25.3 Å². The third-order valence-corrected chi connectivity index (χ3v) is 5.60. The van der Waals surface area contributed by atoms with Crippen molar-refractivity contribution in [1.82, 2.24) is 4.72 Å². The van der Waals surface area contributed by atoms with Crippen molar-refractivity contribution in [3.63, 3.8) is 0 Å². The Balaban J connectivity index is 3.14. The Hall–Kier alpha value is -1.88. The van der Waals surface area contributed by atoms with E-state index in [4.69, 9.17) is 0 Å². The zero-order valence-corrected chi connectivity index (χ0v) is 16.1. The number of nitriles is 1. The molecule has 1 aromatic rings. The van der Waals surface area contributed by atoms with E-state index in [0.29, 0.717) is 17.6 Å². The van der Waals surface area contributed by atoms with E-state index in [1.807, 2.05) is 24.3 Å². The molecule has 2 N–H and O–H groups in total. The van der Waals surface area contributed by atoms with Crippen LogP contribution < -0.4 is 9.62 Å². The summed E-state index contributed by atoms with van der Waals surface area (Å²) in [5.74, 6) is 0. The Labute approximate surface area is 150 Å². The number of hydrogen-bond donors (Lipinski definition) is 2. The van der Waals surface area contributed by atoms with Gasteiger partial charge >= 0.3 is 0 Å². The largest absolute Gasteiger partial charge is 0.392 e. The number of anilines is 1. The summed E-state index contributed by atoms with van der Waals surface area (Å²) in [6.07, 6.45) is -0.344. The van der Waals surface area contributed by atoms with Crippen LogP contribution in [0.25, 0.3) is 5.57 Å². The number of sulfonamides is 1. The van der Waals surface area contributed by atoms with Crippen molar-refractivity contribution in [2.24, 2.45) is 0 Å². The van der Waals surface area contributed by atoms with Crippen LogP contribution in [0, 0.1) is 11.3 Å². The van der Waals surface area contributed by atoms with Crippen molar-refractivity contribution >= 4 is 21.3 Å². The highest BCUT2D eigenvalue weighted by Gasteiger charge is 2.21. The molecule has 0 aliphatic carbocycles. The van der Waals surface area contributed by atoms with Crippen molar-refractivity contribution < 1.29 is 13.5 Å². The molecule has 7 heteroatoms. The topological polar surface area (TPSA) is 93.4 Å². The van der Waals surface area contributed by atoms with Crippen LogP contribution in [-0.2, 0) is 10.0 Å². The van der Waals surface area contributed by atoms with E-state index in [2.05, 4.69) is 23.5 Å². The fraction of sp³-hybridized carbons (Fsp3) is 0.500. The molecule has 25 heavy (non-hydrogen) atoms. The first-order chi connectivity index (χ1) is 11.8. The molecule has 1 unspecified atom stereocenters. The number of hydrogen-bond acceptors (Lipinski definition) is 5. The molecule has 6 nitrogen and oxygen atoms in total. The van der Waals surface area contributed by atoms with Crippen LogP contribution in [0.2, 0.25) is 0 Å². The van der Waals surface area contributed by atoms with Gasteiger partial charge in [0.15, 0.2) is 4.91 Å². The molecular formula is C18H27N3O3S. The summed E-state index contributed by atoms with van der Waals surface area (Å²) in [7, 11) is -3.96. The first-order valence-corrected chi connectivity index (χ1v) is 9.93. The first-order valence-electron chi connectivity index (χ1n) is 8.44. The summed E-state index contributed by atoms with van der Waals surface area (Å²) in [6.45, 7) is 9.15. The average Bonchev–Trinajstić information content (AvgIpc) is 2.61.